The van der Waals surface area contributed by atoms with Crippen LogP contribution in [0.2, 0.25) is 0 Å². The van der Waals surface area contributed by atoms with Crippen LogP contribution in [0.4, 0.5) is 4.79 Å². The van der Waals surface area contributed by atoms with Crippen LogP contribution in [0.15, 0.2) is 30.3 Å². The minimum absolute atomic E-state index is 0.0324. The zero-order chi connectivity index (χ0) is 18.9. The monoisotopic (exact) mass is 353 g/mol. The summed E-state index contributed by atoms with van der Waals surface area (Å²) >= 11 is 0. The van der Waals surface area contributed by atoms with E-state index in [1.165, 1.54) is 0 Å². The van der Waals surface area contributed by atoms with Crippen molar-refractivity contribution in [1.82, 2.24) is 5.32 Å². The first-order valence-electron chi connectivity index (χ1n) is 7.76. The zero-order valence-electron chi connectivity index (χ0n) is 14.5. The molecule has 0 radical (unpaired) electrons. The molecule has 8 nitrogen and oxygen atoms in total. The van der Waals surface area contributed by atoms with E-state index in [0.717, 1.165) is 5.56 Å². The topological polar surface area (TPSA) is 111 Å². The molecular weight excluding hydrogens is 330 g/mol. The van der Waals surface area contributed by atoms with Gasteiger partial charge < -0.3 is 15.2 Å². The number of alkyl carbamates (subject to hydrolysis) is 1. The van der Waals surface area contributed by atoms with E-state index < -0.39 is 29.7 Å². The number of carboxylic acid groups (broad SMARTS) is 1. The number of carbonyl (C=O) groups is 3. The molecule has 1 aromatic carbocycles. The van der Waals surface area contributed by atoms with Crippen LogP contribution in [-0.2, 0) is 30.7 Å². The fourth-order valence-corrected chi connectivity index (χ4v) is 1.75. The fourth-order valence-electron chi connectivity index (χ4n) is 1.75. The van der Waals surface area contributed by atoms with Crippen molar-refractivity contribution in [3.05, 3.63) is 35.9 Å². The summed E-state index contributed by atoms with van der Waals surface area (Å²) in [6.45, 7) is 5.03. The summed E-state index contributed by atoms with van der Waals surface area (Å²) in [5.74, 6) is -2.00. The first kappa shape index (κ1) is 20.4. The van der Waals surface area contributed by atoms with Gasteiger partial charge in [-0.1, -0.05) is 30.3 Å². The number of aliphatic carboxylic acids is 1. The van der Waals surface area contributed by atoms with Crippen LogP contribution in [0, 0.1) is 0 Å². The Hall–Kier alpha value is -2.61. The Bertz CT molecular complexity index is 580. The lowest BCUT2D eigenvalue weighted by Gasteiger charge is -2.22. The number of carboxylic acids is 1. The molecule has 0 aliphatic rings. The van der Waals surface area contributed by atoms with Gasteiger partial charge in [-0.2, -0.15) is 4.89 Å². The molecular formula is C17H23NO7. The third-order valence-corrected chi connectivity index (χ3v) is 2.83. The maximum atomic E-state index is 12.0. The SMILES string of the molecule is CC(C)(C)OC(=O)N[C@@H](CCC(=O)O)C(=O)OOCc1ccccc1. The molecule has 2 N–H and O–H groups in total. The molecule has 0 spiro atoms. The number of ether oxygens (including phenoxy) is 1. The van der Waals surface area contributed by atoms with Gasteiger partial charge in [-0.25, -0.2) is 9.59 Å². The molecule has 0 aliphatic heterocycles. The zero-order valence-corrected chi connectivity index (χ0v) is 14.5. The molecule has 0 unspecified atom stereocenters. The predicted molar refractivity (Wildman–Crippen MR) is 87.4 cm³/mol. The van der Waals surface area contributed by atoms with Crippen molar-refractivity contribution in [1.29, 1.82) is 0 Å². The molecule has 1 rings (SSSR count). The molecule has 138 valence electrons. The molecule has 25 heavy (non-hydrogen) atoms. The molecule has 8 heteroatoms. The third-order valence-electron chi connectivity index (χ3n) is 2.83. The fraction of sp³-hybridized carbons (Fsp3) is 0.471. The Morgan fingerprint density at radius 3 is 2.36 bits per heavy atom. The van der Waals surface area contributed by atoms with Crippen molar-refractivity contribution in [3.8, 4) is 0 Å². The van der Waals surface area contributed by atoms with E-state index in [4.69, 9.17) is 14.7 Å². The van der Waals surface area contributed by atoms with Gasteiger partial charge in [0.2, 0.25) is 0 Å². The molecule has 0 saturated carbocycles. The number of rotatable bonds is 8. The highest BCUT2D eigenvalue weighted by Crippen LogP contribution is 2.09. The van der Waals surface area contributed by atoms with Crippen LogP contribution in [0.1, 0.15) is 39.2 Å². The number of carbonyl (C=O) groups excluding carboxylic acids is 2. The van der Waals surface area contributed by atoms with E-state index in [1.54, 1.807) is 45.0 Å². The number of hydrogen-bond donors (Lipinski definition) is 2. The van der Waals surface area contributed by atoms with Crippen molar-refractivity contribution in [2.24, 2.45) is 0 Å². The smallest absolute Gasteiger partial charge is 0.408 e. The number of amides is 1. The molecule has 0 bridgehead atoms. The van der Waals surface area contributed by atoms with Gasteiger partial charge in [0.25, 0.3) is 0 Å². The number of nitrogens with one attached hydrogen (secondary N) is 1. The van der Waals surface area contributed by atoms with Crippen molar-refractivity contribution in [2.45, 2.75) is 51.9 Å². The molecule has 0 heterocycles. The van der Waals surface area contributed by atoms with E-state index in [2.05, 4.69) is 10.2 Å². The van der Waals surface area contributed by atoms with E-state index in [9.17, 15) is 14.4 Å². The molecule has 0 fully saturated rings. The van der Waals surface area contributed by atoms with Crippen LogP contribution >= 0.6 is 0 Å². The van der Waals surface area contributed by atoms with E-state index in [-0.39, 0.29) is 19.4 Å². The maximum Gasteiger partial charge on any atom is 0.408 e. The van der Waals surface area contributed by atoms with E-state index >= 15 is 0 Å². The summed E-state index contributed by atoms with van der Waals surface area (Å²) in [5, 5.41) is 11.1. The van der Waals surface area contributed by atoms with Gasteiger partial charge in [0.15, 0.2) is 0 Å². The Balaban J connectivity index is 2.56. The number of benzene rings is 1. The predicted octanol–water partition coefficient (Wildman–Crippen LogP) is 2.42. The van der Waals surface area contributed by atoms with E-state index in [0.29, 0.717) is 0 Å². The third kappa shape index (κ3) is 9.31. The summed E-state index contributed by atoms with van der Waals surface area (Å²) in [6, 6.07) is 7.83. The van der Waals surface area contributed by atoms with Crippen molar-refractivity contribution < 1.29 is 34.0 Å². The second-order valence-electron chi connectivity index (χ2n) is 6.28. The Labute approximate surface area is 146 Å². The Kier molecular flexibility index (Phi) is 7.87. The lowest BCUT2D eigenvalue weighted by Crippen LogP contribution is -2.44. The van der Waals surface area contributed by atoms with E-state index in [1.807, 2.05) is 6.07 Å². The minimum Gasteiger partial charge on any atom is -0.481 e. The van der Waals surface area contributed by atoms with Gasteiger partial charge in [0.05, 0.1) is 0 Å². The van der Waals surface area contributed by atoms with Gasteiger partial charge in [-0.3, -0.25) is 9.68 Å². The van der Waals surface area contributed by atoms with Gasteiger partial charge in [0.1, 0.15) is 18.2 Å². The highest BCUT2D eigenvalue weighted by atomic mass is 17.2. The first-order valence-corrected chi connectivity index (χ1v) is 7.76. The quantitative estimate of drug-likeness (QED) is 0.545. The van der Waals surface area contributed by atoms with Gasteiger partial charge in [-0.15, -0.1) is 0 Å². The minimum atomic E-state index is -1.19. The van der Waals surface area contributed by atoms with Crippen LogP contribution in [0.3, 0.4) is 0 Å². The summed E-state index contributed by atoms with van der Waals surface area (Å²) in [5.41, 5.74) is 0.0345. The van der Waals surface area contributed by atoms with Crippen molar-refractivity contribution in [3.63, 3.8) is 0 Å². The van der Waals surface area contributed by atoms with Crippen molar-refractivity contribution >= 4 is 18.0 Å². The van der Waals surface area contributed by atoms with Gasteiger partial charge in [0, 0.05) is 6.42 Å². The van der Waals surface area contributed by atoms with Crippen LogP contribution in [0.5, 0.6) is 0 Å². The molecule has 0 aliphatic carbocycles. The van der Waals surface area contributed by atoms with Gasteiger partial charge in [-0.05, 0) is 32.8 Å². The molecule has 0 saturated heterocycles. The normalized spacial score (nSPS) is 12.1. The molecule has 1 amide bonds. The highest BCUT2D eigenvalue weighted by molar-refractivity contribution is 5.81. The standard InChI is InChI=1S/C17H23NO7/c1-17(2,3)24-16(22)18-13(9-10-14(19)20)15(21)25-23-11-12-7-5-4-6-8-12/h4-8,13H,9-11H2,1-3H3,(H,18,22)(H,19,20)/t13-/m0/s1. The maximum absolute atomic E-state index is 12.0. The summed E-state index contributed by atoms with van der Waals surface area (Å²) in [4.78, 5) is 44.1. The number of hydrogen-bond acceptors (Lipinski definition) is 6. The van der Waals surface area contributed by atoms with Crippen molar-refractivity contribution in [2.75, 3.05) is 0 Å². The largest absolute Gasteiger partial charge is 0.481 e. The second-order valence-corrected chi connectivity index (χ2v) is 6.28. The summed E-state index contributed by atoms with van der Waals surface area (Å²) < 4.78 is 5.05. The molecule has 1 atom stereocenters. The lowest BCUT2D eigenvalue weighted by atomic mass is 10.1. The van der Waals surface area contributed by atoms with Gasteiger partial charge >= 0.3 is 18.0 Å². The summed E-state index contributed by atoms with van der Waals surface area (Å²) in [7, 11) is 0. The van der Waals surface area contributed by atoms with Crippen LogP contribution in [0.25, 0.3) is 0 Å². The van der Waals surface area contributed by atoms with Crippen LogP contribution < -0.4 is 5.32 Å². The lowest BCUT2D eigenvalue weighted by molar-refractivity contribution is -0.281. The Morgan fingerprint density at radius 2 is 1.80 bits per heavy atom. The molecule has 0 aromatic heterocycles. The first-order chi connectivity index (χ1) is 11.7. The highest BCUT2D eigenvalue weighted by Gasteiger charge is 2.27. The average Bonchev–Trinajstić information content (AvgIpc) is 2.50. The van der Waals surface area contributed by atoms with Crippen LogP contribution in [-0.4, -0.2) is 34.8 Å². The Morgan fingerprint density at radius 1 is 1.16 bits per heavy atom. The molecule has 1 aromatic rings. The second kappa shape index (κ2) is 9.63. The average molecular weight is 353 g/mol. The summed E-state index contributed by atoms with van der Waals surface area (Å²) in [6.07, 6.45) is -1.32.